The zero-order chi connectivity index (χ0) is 23.5. The van der Waals surface area contributed by atoms with E-state index >= 15 is 0 Å². The maximum Gasteiger partial charge on any atom is 0.278 e. The van der Waals surface area contributed by atoms with Crippen LogP contribution in [0.5, 0.6) is 11.5 Å². The molecule has 6 nitrogen and oxygen atoms in total. The zero-order valence-corrected chi connectivity index (χ0v) is 19.1. The fourth-order valence-corrected chi connectivity index (χ4v) is 3.95. The van der Waals surface area contributed by atoms with Gasteiger partial charge in [0.15, 0.2) is 11.5 Å². The standard InChI is InChI=1S/C27H26N2O4/c1-17-10-12-21(18(2)14-17)28-25-24(20-11-13-22(32-3)23(15-20)33-4)26(30)29(27(25)31)16-19-8-6-5-7-9-19/h5-15,28H,16H2,1-4H3. The van der Waals surface area contributed by atoms with Crippen LogP contribution in [0.3, 0.4) is 0 Å². The summed E-state index contributed by atoms with van der Waals surface area (Å²) in [6, 6.07) is 20.6. The smallest absolute Gasteiger partial charge is 0.278 e. The highest BCUT2D eigenvalue weighted by molar-refractivity contribution is 6.36. The van der Waals surface area contributed by atoms with E-state index in [1.807, 2.05) is 62.4 Å². The summed E-state index contributed by atoms with van der Waals surface area (Å²) < 4.78 is 10.8. The lowest BCUT2D eigenvalue weighted by Gasteiger charge is -2.16. The highest BCUT2D eigenvalue weighted by atomic mass is 16.5. The van der Waals surface area contributed by atoms with E-state index in [0.29, 0.717) is 22.6 Å². The van der Waals surface area contributed by atoms with Gasteiger partial charge in [-0.25, -0.2) is 0 Å². The maximum atomic E-state index is 13.5. The van der Waals surface area contributed by atoms with E-state index in [2.05, 4.69) is 5.32 Å². The number of imide groups is 1. The first-order valence-electron chi connectivity index (χ1n) is 10.6. The van der Waals surface area contributed by atoms with E-state index in [0.717, 1.165) is 22.4 Å². The average Bonchev–Trinajstić information content (AvgIpc) is 3.05. The molecule has 0 atom stereocenters. The number of carbonyl (C=O) groups excluding carboxylic acids is 2. The van der Waals surface area contributed by atoms with Crippen molar-refractivity contribution in [2.24, 2.45) is 0 Å². The molecule has 0 fully saturated rings. The molecule has 33 heavy (non-hydrogen) atoms. The number of hydrogen-bond donors (Lipinski definition) is 1. The third-order valence-corrected chi connectivity index (χ3v) is 5.67. The van der Waals surface area contributed by atoms with Crippen molar-refractivity contribution < 1.29 is 19.1 Å². The maximum absolute atomic E-state index is 13.5. The molecule has 4 rings (SSSR count). The third-order valence-electron chi connectivity index (χ3n) is 5.67. The average molecular weight is 443 g/mol. The minimum Gasteiger partial charge on any atom is -0.493 e. The first kappa shape index (κ1) is 22.1. The largest absolute Gasteiger partial charge is 0.493 e. The van der Waals surface area contributed by atoms with Gasteiger partial charge in [0, 0.05) is 5.69 Å². The summed E-state index contributed by atoms with van der Waals surface area (Å²) in [5, 5.41) is 3.24. The van der Waals surface area contributed by atoms with Crippen LogP contribution in [0.15, 0.2) is 72.4 Å². The minimum atomic E-state index is -0.367. The summed E-state index contributed by atoms with van der Waals surface area (Å²) in [5.74, 6) is 0.302. The van der Waals surface area contributed by atoms with Crippen molar-refractivity contribution in [3.8, 4) is 11.5 Å². The number of nitrogens with one attached hydrogen (secondary N) is 1. The van der Waals surface area contributed by atoms with E-state index in [-0.39, 0.29) is 24.1 Å². The highest BCUT2D eigenvalue weighted by Gasteiger charge is 2.39. The van der Waals surface area contributed by atoms with E-state index in [9.17, 15) is 9.59 Å². The number of anilines is 1. The highest BCUT2D eigenvalue weighted by Crippen LogP contribution is 2.36. The van der Waals surface area contributed by atoms with Crippen molar-refractivity contribution in [3.05, 3.63) is 94.7 Å². The number of hydrogen-bond acceptors (Lipinski definition) is 5. The van der Waals surface area contributed by atoms with Crippen LogP contribution < -0.4 is 14.8 Å². The Bertz CT molecular complexity index is 1250. The Morgan fingerprint density at radius 2 is 1.55 bits per heavy atom. The monoisotopic (exact) mass is 442 g/mol. The molecule has 3 aromatic rings. The summed E-state index contributed by atoms with van der Waals surface area (Å²) in [5.41, 5.74) is 4.87. The SMILES string of the molecule is COc1ccc(C2=C(Nc3ccc(C)cc3C)C(=O)N(Cc3ccccc3)C2=O)cc1OC. The summed E-state index contributed by atoms with van der Waals surface area (Å²) in [7, 11) is 3.09. The van der Waals surface area contributed by atoms with Gasteiger partial charge < -0.3 is 14.8 Å². The molecule has 2 amide bonds. The normalized spacial score (nSPS) is 13.5. The van der Waals surface area contributed by atoms with Crippen molar-refractivity contribution in [3.63, 3.8) is 0 Å². The summed E-state index contributed by atoms with van der Waals surface area (Å²) in [6.07, 6.45) is 0. The molecule has 1 aliphatic heterocycles. The molecule has 0 spiro atoms. The molecule has 0 aliphatic carbocycles. The van der Waals surface area contributed by atoms with Crippen LogP contribution in [0, 0.1) is 13.8 Å². The zero-order valence-electron chi connectivity index (χ0n) is 19.1. The minimum absolute atomic E-state index is 0.188. The molecule has 3 aromatic carbocycles. The van der Waals surface area contributed by atoms with Crippen molar-refractivity contribution in [2.75, 3.05) is 19.5 Å². The van der Waals surface area contributed by atoms with Gasteiger partial charge in [-0.05, 0) is 48.7 Å². The van der Waals surface area contributed by atoms with Gasteiger partial charge in [0.05, 0.1) is 26.3 Å². The first-order valence-corrected chi connectivity index (χ1v) is 10.6. The van der Waals surface area contributed by atoms with Gasteiger partial charge in [0.2, 0.25) is 0 Å². The van der Waals surface area contributed by atoms with Gasteiger partial charge in [-0.15, -0.1) is 0 Å². The molecule has 1 heterocycles. The van der Waals surface area contributed by atoms with Crippen LogP contribution >= 0.6 is 0 Å². The molecule has 0 bridgehead atoms. The molecule has 0 saturated carbocycles. The Kier molecular flexibility index (Phi) is 6.18. The molecule has 168 valence electrons. The van der Waals surface area contributed by atoms with Crippen LogP contribution in [0.2, 0.25) is 0 Å². The van der Waals surface area contributed by atoms with Crippen molar-refractivity contribution in [1.29, 1.82) is 0 Å². The van der Waals surface area contributed by atoms with Crippen molar-refractivity contribution >= 4 is 23.1 Å². The van der Waals surface area contributed by atoms with Gasteiger partial charge in [-0.2, -0.15) is 0 Å². The third kappa shape index (κ3) is 4.32. The molecular weight excluding hydrogens is 416 g/mol. The second kappa shape index (κ2) is 9.20. The number of carbonyl (C=O) groups is 2. The first-order chi connectivity index (χ1) is 15.9. The molecule has 0 saturated heterocycles. The number of amides is 2. The molecule has 1 aliphatic rings. The Morgan fingerprint density at radius 3 is 2.21 bits per heavy atom. The predicted molar refractivity (Wildman–Crippen MR) is 128 cm³/mol. The lowest BCUT2D eigenvalue weighted by Crippen LogP contribution is -2.32. The topological polar surface area (TPSA) is 67.9 Å². The second-order valence-electron chi connectivity index (χ2n) is 7.95. The van der Waals surface area contributed by atoms with Crippen LogP contribution in [-0.4, -0.2) is 30.9 Å². The van der Waals surface area contributed by atoms with E-state index in [4.69, 9.17) is 9.47 Å². The Hall–Kier alpha value is -4.06. The van der Waals surface area contributed by atoms with E-state index in [1.54, 1.807) is 25.3 Å². The summed E-state index contributed by atoms with van der Waals surface area (Å²) in [6.45, 7) is 4.17. The second-order valence-corrected chi connectivity index (χ2v) is 7.95. The van der Waals surface area contributed by atoms with Crippen LogP contribution in [-0.2, 0) is 16.1 Å². The fraction of sp³-hybridized carbons (Fsp3) is 0.185. The lowest BCUT2D eigenvalue weighted by atomic mass is 10.0. The Morgan fingerprint density at radius 1 is 0.818 bits per heavy atom. The van der Waals surface area contributed by atoms with Crippen molar-refractivity contribution in [2.45, 2.75) is 20.4 Å². The van der Waals surface area contributed by atoms with Crippen LogP contribution in [0.1, 0.15) is 22.3 Å². The number of methoxy groups -OCH3 is 2. The summed E-state index contributed by atoms with van der Waals surface area (Å²) in [4.78, 5) is 28.3. The van der Waals surface area contributed by atoms with Gasteiger partial charge in [-0.3, -0.25) is 14.5 Å². The van der Waals surface area contributed by atoms with Crippen LogP contribution in [0.25, 0.3) is 5.57 Å². The summed E-state index contributed by atoms with van der Waals surface area (Å²) >= 11 is 0. The Balaban J connectivity index is 1.80. The van der Waals surface area contributed by atoms with Gasteiger partial charge in [0.1, 0.15) is 5.70 Å². The van der Waals surface area contributed by atoms with E-state index < -0.39 is 0 Å². The number of aryl methyl sites for hydroxylation is 2. The van der Waals surface area contributed by atoms with Gasteiger partial charge in [0.25, 0.3) is 11.8 Å². The Labute approximate surface area is 193 Å². The van der Waals surface area contributed by atoms with Crippen molar-refractivity contribution in [1.82, 2.24) is 4.90 Å². The van der Waals surface area contributed by atoms with Gasteiger partial charge >= 0.3 is 0 Å². The molecule has 0 aromatic heterocycles. The quantitative estimate of drug-likeness (QED) is 0.537. The molecular formula is C27H26N2O4. The van der Waals surface area contributed by atoms with Gasteiger partial charge in [-0.1, -0.05) is 54.1 Å². The predicted octanol–water partition coefficient (Wildman–Crippen LogP) is 4.71. The lowest BCUT2D eigenvalue weighted by molar-refractivity contribution is -0.137. The number of benzene rings is 3. The molecule has 0 radical (unpaired) electrons. The number of rotatable bonds is 7. The molecule has 0 unspecified atom stereocenters. The number of ether oxygens (including phenoxy) is 2. The molecule has 6 heteroatoms. The van der Waals surface area contributed by atoms with E-state index in [1.165, 1.54) is 12.0 Å². The molecule has 1 N–H and O–H groups in total. The number of nitrogens with zero attached hydrogens (tertiary/aromatic N) is 1. The van der Waals surface area contributed by atoms with Crippen LogP contribution in [0.4, 0.5) is 5.69 Å². The fourth-order valence-electron chi connectivity index (χ4n) is 3.95.